The van der Waals surface area contributed by atoms with Crippen molar-refractivity contribution in [3.05, 3.63) is 89.7 Å². The van der Waals surface area contributed by atoms with Crippen LogP contribution >= 0.6 is 0 Å². The van der Waals surface area contributed by atoms with Gasteiger partial charge in [0.05, 0.1) is 19.2 Å². The Morgan fingerprint density at radius 2 is 1.65 bits per heavy atom. The number of methoxy groups -OCH3 is 1. The van der Waals surface area contributed by atoms with Crippen molar-refractivity contribution in [1.29, 1.82) is 0 Å². The second-order valence-corrected chi connectivity index (χ2v) is 7.33. The summed E-state index contributed by atoms with van der Waals surface area (Å²) in [4.78, 5) is 26.3. The topological polar surface area (TPSA) is 46.6 Å². The summed E-state index contributed by atoms with van der Waals surface area (Å²) in [5, 5.41) is 0. The van der Waals surface area contributed by atoms with Gasteiger partial charge < -0.3 is 9.64 Å². The van der Waals surface area contributed by atoms with Crippen LogP contribution in [0.3, 0.4) is 0 Å². The summed E-state index contributed by atoms with van der Waals surface area (Å²) in [6.07, 6.45) is 2.20. The maximum Gasteiger partial charge on any atom is 0.337 e. The first kappa shape index (κ1) is 22.2. The van der Waals surface area contributed by atoms with Gasteiger partial charge in [-0.3, -0.25) is 4.79 Å². The van der Waals surface area contributed by atoms with E-state index in [0.717, 1.165) is 29.5 Å². The molecule has 0 heterocycles. The molecule has 4 nitrogen and oxygen atoms in total. The van der Waals surface area contributed by atoms with Crippen molar-refractivity contribution in [2.45, 2.75) is 32.7 Å². The molecule has 0 unspecified atom stereocenters. The Bertz CT molecular complexity index is 1030. The average molecular weight is 419 g/mol. The highest BCUT2D eigenvalue weighted by atomic mass is 19.1. The normalized spacial score (nSPS) is 10.5. The van der Waals surface area contributed by atoms with Crippen molar-refractivity contribution in [1.82, 2.24) is 0 Å². The number of anilines is 1. The number of esters is 1. The molecule has 0 saturated heterocycles. The van der Waals surface area contributed by atoms with E-state index >= 15 is 0 Å². The van der Waals surface area contributed by atoms with Gasteiger partial charge >= 0.3 is 5.97 Å². The van der Waals surface area contributed by atoms with Gasteiger partial charge in [0.2, 0.25) is 5.91 Å². The molecule has 160 valence electrons. The molecule has 3 rings (SSSR count). The number of carbonyl (C=O) groups is 2. The van der Waals surface area contributed by atoms with E-state index in [9.17, 15) is 14.0 Å². The fraction of sp³-hybridized carbons (Fsp3) is 0.231. The molecule has 1 amide bonds. The van der Waals surface area contributed by atoms with Crippen molar-refractivity contribution in [3.8, 4) is 11.1 Å². The lowest BCUT2D eigenvalue weighted by atomic mass is 10.0. The molecule has 0 aliphatic heterocycles. The van der Waals surface area contributed by atoms with E-state index in [-0.39, 0.29) is 17.7 Å². The van der Waals surface area contributed by atoms with Crippen LogP contribution in [0.4, 0.5) is 10.1 Å². The largest absolute Gasteiger partial charge is 0.465 e. The molecular weight excluding hydrogens is 393 g/mol. The van der Waals surface area contributed by atoms with Gasteiger partial charge in [0.1, 0.15) is 5.82 Å². The van der Waals surface area contributed by atoms with E-state index in [1.54, 1.807) is 29.2 Å². The monoisotopic (exact) mass is 419 g/mol. The van der Waals surface area contributed by atoms with E-state index in [2.05, 4.69) is 0 Å². The van der Waals surface area contributed by atoms with E-state index in [1.807, 2.05) is 43.3 Å². The number of hydrogen-bond donors (Lipinski definition) is 0. The van der Waals surface area contributed by atoms with Crippen LogP contribution in [-0.2, 0) is 16.1 Å². The highest BCUT2D eigenvalue weighted by Gasteiger charge is 2.16. The minimum absolute atomic E-state index is 0.0170. The summed E-state index contributed by atoms with van der Waals surface area (Å²) >= 11 is 0. The highest BCUT2D eigenvalue weighted by Crippen LogP contribution is 2.24. The zero-order valence-electron chi connectivity index (χ0n) is 17.8. The minimum atomic E-state index is -0.376. The number of halogens is 1. The Balaban J connectivity index is 1.81. The first-order chi connectivity index (χ1) is 15.0. The number of benzene rings is 3. The smallest absolute Gasteiger partial charge is 0.337 e. The van der Waals surface area contributed by atoms with Crippen molar-refractivity contribution in [2.75, 3.05) is 12.0 Å². The van der Waals surface area contributed by atoms with Crippen molar-refractivity contribution in [3.63, 3.8) is 0 Å². The lowest BCUT2D eigenvalue weighted by molar-refractivity contribution is -0.118. The van der Waals surface area contributed by atoms with E-state index in [4.69, 9.17) is 4.74 Å². The third kappa shape index (κ3) is 5.79. The number of nitrogens with zero attached hydrogens (tertiary/aromatic N) is 1. The number of unbranched alkanes of at least 4 members (excludes halogenated alkanes) is 1. The van der Waals surface area contributed by atoms with E-state index < -0.39 is 0 Å². The van der Waals surface area contributed by atoms with E-state index in [1.165, 1.54) is 19.2 Å². The van der Waals surface area contributed by atoms with Crippen molar-refractivity contribution < 1.29 is 18.7 Å². The Labute approximate surface area is 182 Å². The van der Waals surface area contributed by atoms with Crippen LogP contribution in [0, 0.1) is 5.82 Å². The van der Waals surface area contributed by atoms with Gasteiger partial charge in [0.15, 0.2) is 0 Å². The highest BCUT2D eigenvalue weighted by molar-refractivity contribution is 5.93. The lowest BCUT2D eigenvalue weighted by Crippen LogP contribution is -2.30. The van der Waals surface area contributed by atoms with Gasteiger partial charge in [0.25, 0.3) is 0 Å². The molecule has 31 heavy (non-hydrogen) atoms. The Morgan fingerprint density at radius 3 is 2.29 bits per heavy atom. The van der Waals surface area contributed by atoms with Gasteiger partial charge in [-0.05, 0) is 59.5 Å². The maximum atomic E-state index is 13.4. The third-order valence-electron chi connectivity index (χ3n) is 5.10. The summed E-state index contributed by atoms with van der Waals surface area (Å²) < 4.78 is 18.1. The third-order valence-corrected chi connectivity index (χ3v) is 5.10. The summed E-state index contributed by atoms with van der Waals surface area (Å²) in [5.41, 5.74) is 4.00. The van der Waals surface area contributed by atoms with Crippen LogP contribution in [0.15, 0.2) is 72.8 Å². The summed E-state index contributed by atoms with van der Waals surface area (Å²) in [6, 6.07) is 21.1. The number of ether oxygens (including phenoxy) is 1. The summed E-state index contributed by atoms with van der Waals surface area (Å²) in [6.45, 7) is 2.44. The summed E-state index contributed by atoms with van der Waals surface area (Å²) in [7, 11) is 1.36. The molecule has 0 atom stereocenters. The first-order valence-electron chi connectivity index (χ1n) is 10.4. The predicted molar refractivity (Wildman–Crippen MR) is 120 cm³/mol. The fourth-order valence-corrected chi connectivity index (χ4v) is 3.34. The maximum absolute atomic E-state index is 13.4. The number of rotatable bonds is 8. The van der Waals surface area contributed by atoms with Crippen LogP contribution < -0.4 is 4.90 Å². The zero-order chi connectivity index (χ0) is 22.2. The van der Waals surface area contributed by atoms with Gasteiger partial charge in [-0.1, -0.05) is 49.7 Å². The quantitative estimate of drug-likeness (QED) is 0.421. The number of amides is 1. The van der Waals surface area contributed by atoms with Crippen LogP contribution in [0.1, 0.15) is 42.1 Å². The van der Waals surface area contributed by atoms with Crippen molar-refractivity contribution >= 4 is 17.6 Å². The Morgan fingerprint density at radius 1 is 0.935 bits per heavy atom. The molecule has 0 N–H and O–H groups in total. The summed E-state index contributed by atoms with van der Waals surface area (Å²) in [5.74, 6) is -0.689. The Kier molecular flexibility index (Phi) is 7.55. The molecule has 3 aromatic rings. The second kappa shape index (κ2) is 10.5. The molecule has 0 saturated carbocycles. The molecule has 5 heteroatoms. The number of hydrogen-bond acceptors (Lipinski definition) is 3. The molecular formula is C26H26FNO3. The SMILES string of the molecule is CCCCC(=O)N(Cc1ccc(-c2cccc(C(=O)OC)c2)cc1)c1ccc(F)cc1. The predicted octanol–water partition coefficient (Wildman–Crippen LogP) is 6.00. The molecule has 0 aliphatic carbocycles. The lowest BCUT2D eigenvalue weighted by Gasteiger charge is -2.23. The molecule has 0 aliphatic rings. The van der Waals surface area contributed by atoms with Gasteiger partial charge in [0, 0.05) is 12.1 Å². The fourth-order valence-electron chi connectivity index (χ4n) is 3.34. The number of carbonyl (C=O) groups excluding carboxylic acids is 2. The van der Waals surface area contributed by atoms with Crippen LogP contribution in [-0.4, -0.2) is 19.0 Å². The van der Waals surface area contributed by atoms with Crippen LogP contribution in [0.5, 0.6) is 0 Å². The second-order valence-electron chi connectivity index (χ2n) is 7.33. The van der Waals surface area contributed by atoms with Crippen molar-refractivity contribution in [2.24, 2.45) is 0 Å². The first-order valence-corrected chi connectivity index (χ1v) is 10.4. The average Bonchev–Trinajstić information content (AvgIpc) is 2.81. The van der Waals surface area contributed by atoms with Gasteiger partial charge in [-0.2, -0.15) is 0 Å². The molecule has 0 spiro atoms. The molecule has 0 fully saturated rings. The standard InChI is InChI=1S/C26H26FNO3/c1-3-4-8-25(29)28(24-15-13-23(27)14-16-24)18-19-9-11-20(12-10-19)21-6-5-7-22(17-21)26(30)31-2/h5-7,9-17H,3-4,8,18H2,1-2H3. The van der Waals surface area contributed by atoms with Gasteiger partial charge in [-0.25, -0.2) is 9.18 Å². The molecule has 0 bridgehead atoms. The minimum Gasteiger partial charge on any atom is -0.465 e. The molecule has 3 aromatic carbocycles. The zero-order valence-corrected chi connectivity index (χ0v) is 17.8. The molecule has 0 aromatic heterocycles. The van der Waals surface area contributed by atoms with Crippen LogP contribution in [0.2, 0.25) is 0 Å². The van der Waals surface area contributed by atoms with Gasteiger partial charge in [-0.15, -0.1) is 0 Å². The molecule has 0 radical (unpaired) electrons. The van der Waals surface area contributed by atoms with E-state index in [0.29, 0.717) is 24.2 Å². The Hall–Kier alpha value is -3.47. The van der Waals surface area contributed by atoms with Crippen LogP contribution in [0.25, 0.3) is 11.1 Å².